The average molecular weight is 357 g/mol. The molecule has 0 atom stereocenters. The van der Waals surface area contributed by atoms with Crippen molar-refractivity contribution >= 4 is 16.8 Å². The number of nitrogens with zero attached hydrogens (tertiary/aromatic N) is 2. The minimum Gasteiger partial charge on any atom is -0.494 e. The van der Waals surface area contributed by atoms with Gasteiger partial charge in [0.15, 0.2) is 0 Å². The molecule has 2 aliphatic heterocycles. The molecule has 3 heterocycles. The molecule has 0 aliphatic carbocycles. The van der Waals surface area contributed by atoms with Gasteiger partial charge in [-0.3, -0.25) is 9.69 Å². The number of benzene rings is 1. The van der Waals surface area contributed by atoms with E-state index >= 15 is 0 Å². The van der Waals surface area contributed by atoms with Crippen molar-refractivity contribution in [2.75, 3.05) is 46.0 Å². The highest BCUT2D eigenvalue weighted by Gasteiger charge is 2.28. The van der Waals surface area contributed by atoms with Crippen LogP contribution in [0.25, 0.3) is 10.9 Å². The van der Waals surface area contributed by atoms with E-state index in [1.807, 2.05) is 36.1 Å². The van der Waals surface area contributed by atoms with Gasteiger partial charge >= 0.3 is 0 Å². The number of hydrogen-bond acceptors (Lipinski definition) is 4. The zero-order chi connectivity index (χ0) is 17.9. The summed E-state index contributed by atoms with van der Waals surface area (Å²) in [6, 6.07) is 8.46. The highest BCUT2D eigenvalue weighted by Crippen LogP contribution is 2.23. The van der Waals surface area contributed by atoms with Crippen LogP contribution in [-0.2, 0) is 4.74 Å². The van der Waals surface area contributed by atoms with Gasteiger partial charge in [-0.1, -0.05) is 0 Å². The van der Waals surface area contributed by atoms with Crippen LogP contribution in [0, 0.1) is 0 Å². The summed E-state index contributed by atoms with van der Waals surface area (Å²) in [4.78, 5) is 20.6. The number of ether oxygens (including phenoxy) is 2. The quantitative estimate of drug-likeness (QED) is 0.913. The molecule has 1 aromatic heterocycles. The van der Waals surface area contributed by atoms with E-state index in [-0.39, 0.29) is 5.91 Å². The van der Waals surface area contributed by atoms with Crippen molar-refractivity contribution < 1.29 is 14.3 Å². The van der Waals surface area contributed by atoms with Gasteiger partial charge < -0.3 is 19.4 Å². The number of amides is 1. The predicted octanol–water partition coefficient (Wildman–Crippen LogP) is 2.50. The Bertz CT molecular complexity index is 759. The zero-order valence-electron chi connectivity index (χ0n) is 15.4. The van der Waals surface area contributed by atoms with E-state index in [2.05, 4.69) is 9.88 Å². The lowest BCUT2D eigenvalue weighted by molar-refractivity contribution is 0.0136. The summed E-state index contributed by atoms with van der Waals surface area (Å²) in [5, 5.41) is 1.04. The number of fused-ring (bicyclic) bond motifs is 1. The number of H-pyrrole nitrogens is 1. The lowest BCUT2D eigenvalue weighted by Gasteiger charge is -2.40. The lowest BCUT2D eigenvalue weighted by atomic mass is 10.1. The van der Waals surface area contributed by atoms with Gasteiger partial charge in [-0.25, -0.2) is 0 Å². The molecule has 6 heteroatoms. The van der Waals surface area contributed by atoms with E-state index in [9.17, 15) is 4.79 Å². The van der Waals surface area contributed by atoms with Gasteiger partial charge in [0, 0.05) is 62.4 Å². The normalized spacial score (nSPS) is 19.8. The predicted molar refractivity (Wildman–Crippen MR) is 101 cm³/mol. The number of piperazine rings is 1. The van der Waals surface area contributed by atoms with Crippen molar-refractivity contribution in [3.63, 3.8) is 0 Å². The second-order valence-corrected chi connectivity index (χ2v) is 7.04. The largest absolute Gasteiger partial charge is 0.494 e. The van der Waals surface area contributed by atoms with Gasteiger partial charge in [0.25, 0.3) is 5.91 Å². The molecular weight excluding hydrogens is 330 g/mol. The van der Waals surface area contributed by atoms with Crippen LogP contribution >= 0.6 is 0 Å². The van der Waals surface area contributed by atoms with Gasteiger partial charge in [-0.15, -0.1) is 0 Å². The lowest BCUT2D eigenvalue weighted by Crippen LogP contribution is -2.53. The Labute approximate surface area is 154 Å². The fraction of sp³-hybridized carbons (Fsp3) is 0.550. The van der Waals surface area contributed by atoms with Gasteiger partial charge in [0.05, 0.1) is 6.61 Å². The molecule has 0 unspecified atom stereocenters. The van der Waals surface area contributed by atoms with E-state index < -0.39 is 0 Å². The molecule has 0 radical (unpaired) electrons. The number of aromatic nitrogens is 1. The molecule has 2 aliphatic rings. The summed E-state index contributed by atoms with van der Waals surface area (Å²) >= 11 is 0. The minimum absolute atomic E-state index is 0.0887. The van der Waals surface area contributed by atoms with Crippen LogP contribution in [-0.4, -0.2) is 72.7 Å². The molecule has 0 bridgehead atoms. The van der Waals surface area contributed by atoms with Crippen LogP contribution in [0.2, 0.25) is 0 Å². The van der Waals surface area contributed by atoms with Crippen LogP contribution in [0.15, 0.2) is 24.3 Å². The highest BCUT2D eigenvalue weighted by molar-refractivity contribution is 5.98. The Kier molecular flexibility index (Phi) is 5.13. The van der Waals surface area contributed by atoms with Crippen molar-refractivity contribution in [1.29, 1.82) is 0 Å². The molecule has 1 aromatic carbocycles. The maximum atomic E-state index is 12.9. The molecule has 2 fully saturated rings. The second kappa shape index (κ2) is 7.68. The van der Waals surface area contributed by atoms with Crippen molar-refractivity contribution in [3.05, 3.63) is 30.0 Å². The third-order valence-electron chi connectivity index (χ3n) is 5.44. The summed E-state index contributed by atoms with van der Waals surface area (Å²) in [7, 11) is 0. The van der Waals surface area contributed by atoms with Crippen molar-refractivity contribution in [1.82, 2.24) is 14.8 Å². The van der Waals surface area contributed by atoms with Crippen LogP contribution in [0.1, 0.15) is 30.3 Å². The number of hydrogen-bond donors (Lipinski definition) is 1. The number of aromatic amines is 1. The third kappa shape index (κ3) is 3.57. The Morgan fingerprint density at radius 1 is 1.19 bits per heavy atom. The molecule has 1 N–H and O–H groups in total. The van der Waals surface area contributed by atoms with Crippen LogP contribution in [0.5, 0.6) is 5.75 Å². The summed E-state index contributed by atoms with van der Waals surface area (Å²) in [5.74, 6) is 0.914. The molecule has 6 nitrogen and oxygen atoms in total. The standard InChI is InChI=1S/C20H27N3O3/c1-2-26-17-4-3-15-13-19(21-18(15)14-17)20(24)23-9-7-22(8-10-23)16-5-11-25-12-6-16/h3-4,13-14,16,21H,2,5-12H2,1H3. The summed E-state index contributed by atoms with van der Waals surface area (Å²) in [6.07, 6.45) is 2.22. The van der Waals surface area contributed by atoms with Gasteiger partial charge in [0.2, 0.25) is 0 Å². The van der Waals surface area contributed by atoms with Crippen LogP contribution < -0.4 is 4.74 Å². The van der Waals surface area contributed by atoms with E-state index in [1.54, 1.807) is 0 Å². The topological polar surface area (TPSA) is 57.8 Å². The SMILES string of the molecule is CCOc1ccc2cc(C(=O)N3CCN(C4CCOCC4)CC3)[nH]c2c1. The fourth-order valence-electron chi connectivity index (χ4n) is 3.99. The fourth-order valence-corrected chi connectivity index (χ4v) is 3.99. The Hall–Kier alpha value is -2.05. The molecule has 0 spiro atoms. The monoisotopic (exact) mass is 357 g/mol. The first-order valence-corrected chi connectivity index (χ1v) is 9.61. The van der Waals surface area contributed by atoms with Gasteiger partial charge in [-0.05, 0) is 38.0 Å². The summed E-state index contributed by atoms with van der Waals surface area (Å²) in [5.41, 5.74) is 1.60. The molecule has 1 amide bonds. The molecule has 0 saturated carbocycles. The molecule has 140 valence electrons. The number of carbonyl (C=O) groups excluding carboxylic acids is 1. The smallest absolute Gasteiger partial charge is 0.270 e. The van der Waals surface area contributed by atoms with Crippen LogP contribution in [0.4, 0.5) is 0 Å². The van der Waals surface area contributed by atoms with E-state index in [0.717, 1.165) is 68.9 Å². The summed E-state index contributed by atoms with van der Waals surface area (Å²) < 4.78 is 11.0. The van der Waals surface area contributed by atoms with Crippen molar-refractivity contribution in [2.45, 2.75) is 25.8 Å². The maximum absolute atomic E-state index is 12.9. The first kappa shape index (κ1) is 17.4. The molecule has 26 heavy (non-hydrogen) atoms. The van der Waals surface area contributed by atoms with Gasteiger partial charge in [-0.2, -0.15) is 0 Å². The summed E-state index contributed by atoms with van der Waals surface area (Å²) in [6.45, 7) is 7.80. The number of carbonyl (C=O) groups is 1. The van der Waals surface area contributed by atoms with Crippen molar-refractivity contribution in [2.24, 2.45) is 0 Å². The Morgan fingerprint density at radius 2 is 1.96 bits per heavy atom. The Balaban J connectivity index is 1.40. The third-order valence-corrected chi connectivity index (χ3v) is 5.44. The van der Waals surface area contributed by atoms with E-state index in [0.29, 0.717) is 18.3 Å². The number of rotatable bonds is 4. The van der Waals surface area contributed by atoms with E-state index in [1.165, 1.54) is 0 Å². The van der Waals surface area contributed by atoms with Gasteiger partial charge in [0.1, 0.15) is 11.4 Å². The average Bonchev–Trinajstić information content (AvgIpc) is 3.12. The van der Waals surface area contributed by atoms with Crippen LogP contribution in [0.3, 0.4) is 0 Å². The van der Waals surface area contributed by atoms with E-state index in [4.69, 9.17) is 9.47 Å². The Morgan fingerprint density at radius 3 is 2.69 bits per heavy atom. The first-order valence-electron chi connectivity index (χ1n) is 9.61. The van der Waals surface area contributed by atoms with Crippen molar-refractivity contribution in [3.8, 4) is 5.75 Å². The molecular formula is C20H27N3O3. The minimum atomic E-state index is 0.0887. The molecule has 4 rings (SSSR count). The molecule has 2 aromatic rings. The highest BCUT2D eigenvalue weighted by atomic mass is 16.5. The maximum Gasteiger partial charge on any atom is 0.270 e. The zero-order valence-corrected chi connectivity index (χ0v) is 15.4. The second-order valence-electron chi connectivity index (χ2n) is 7.04. The first-order chi connectivity index (χ1) is 12.7. The molecule has 2 saturated heterocycles. The number of nitrogens with one attached hydrogen (secondary N) is 1.